The smallest absolute Gasteiger partial charge is 0.194 e. The average molecular weight is 463 g/mol. The van der Waals surface area contributed by atoms with Gasteiger partial charge in [-0.05, 0) is 31.6 Å². The van der Waals surface area contributed by atoms with Crippen LogP contribution in [0.2, 0.25) is 0 Å². The largest absolute Gasteiger partial charge is 0.379 e. The fourth-order valence-electron chi connectivity index (χ4n) is 2.71. The normalized spacial score (nSPS) is 14.6. The molecule has 1 saturated carbocycles. The predicted molar refractivity (Wildman–Crippen MR) is 114 cm³/mol. The maximum atomic E-state index is 5.67. The summed E-state index contributed by atoms with van der Waals surface area (Å²) in [6.45, 7) is 10.4. The van der Waals surface area contributed by atoms with Gasteiger partial charge in [0.15, 0.2) is 5.96 Å². The van der Waals surface area contributed by atoms with Gasteiger partial charge in [0.25, 0.3) is 0 Å². The van der Waals surface area contributed by atoms with Crippen LogP contribution in [0.1, 0.15) is 50.8 Å². The van der Waals surface area contributed by atoms with E-state index in [2.05, 4.69) is 54.3 Å². The Morgan fingerprint density at radius 1 is 1.48 bits per heavy atom. The summed E-state index contributed by atoms with van der Waals surface area (Å²) >= 11 is 0. The van der Waals surface area contributed by atoms with Gasteiger partial charge in [0.1, 0.15) is 0 Å². The summed E-state index contributed by atoms with van der Waals surface area (Å²) in [5, 5.41) is 7.95. The summed E-state index contributed by atoms with van der Waals surface area (Å²) < 4.78 is 7.57. The Bertz CT molecular complexity index is 540. The van der Waals surface area contributed by atoms with Crippen molar-refractivity contribution in [1.82, 2.24) is 20.0 Å². The number of aliphatic imine (C=N–C) groups is 1. The maximum Gasteiger partial charge on any atom is 0.194 e. The van der Waals surface area contributed by atoms with Gasteiger partial charge in [-0.2, -0.15) is 5.10 Å². The Morgan fingerprint density at radius 2 is 2.20 bits per heavy atom. The lowest BCUT2D eigenvalue weighted by molar-refractivity contribution is 0.131. The first kappa shape index (κ1) is 22.2. The average Bonchev–Trinajstić information content (AvgIpc) is 3.27. The summed E-state index contributed by atoms with van der Waals surface area (Å²) in [6.07, 6.45) is 4.77. The minimum absolute atomic E-state index is 0. The zero-order valence-corrected chi connectivity index (χ0v) is 18.6. The van der Waals surface area contributed by atoms with Gasteiger partial charge < -0.3 is 15.0 Å². The van der Waals surface area contributed by atoms with Crippen LogP contribution in [-0.4, -0.2) is 54.0 Å². The molecule has 1 N–H and O–H groups in total. The molecule has 1 aliphatic carbocycles. The van der Waals surface area contributed by atoms with Crippen molar-refractivity contribution >= 4 is 29.9 Å². The lowest BCUT2D eigenvalue weighted by atomic mass is 10.1. The molecular formula is C18H34IN5O. The zero-order valence-electron chi connectivity index (χ0n) is 16.3. The molecule has 0 radical (unpaired) electrons. The number of rotatable bonds is 9. The lowest BCUT2D eigenvalue weighted by Gasteiger charge is -2.22. The van der Waals surface area contributed by atoms with Crippen molar-refractivity contribution in [3.63, 3.8) is 0 Å². The van der Waals surface area contributed by atoms with Crippen LogP contribution in [0.15, 0.2) is 11.2 Å². The molecule has 1 aromatic heterocycles. The highest BCUT2D eigenvalue weighted by molar-refractivity contribution is 14.0. The minimum Gasteiger partial charge on any atom is -0.379 e. The number of hydrogen-bond acceptors (Lipinski definition) is 3. The Kier molecular flexibility index (Phi) is 9.78. The number of guanidine groups is 1. The number of nitrogens with one attached hydrogen (secondary N) is 1. The van der Waals surface area contributed by atoms with E-state index in [0.717, 1.165) is 37.3 Å². The first-order valence-corrected chi connectivity index (χ1v) is 9.10. The highest BCUT2D eigenvalue weighted by atomic mass is 127. The zero-order chi connectivity index (χ0) is 17.5. The van der Waals surface area contributed by atoms with E-state index in [1.54, 1.807) is 0 Å². The molecule has 1 fully saturated rings. The molecular weight excluding hydrogens is 429 g/mol. The second-order valence-electron chi connectivity index (χ2n) is 6.98. The van der Waals surface area contributed by atoms with Crippen LogP contribution in [0.25, 0.3) is 0 Å². The van der Waals surface area contributed by atoms with E-state index in [9.17, 15) is 0 Å². The first-order valence-electron chi connectivity index (χ1n) is 9.10. The molecule has 1 heterocycles. The number of ether oxygens (including phenoxy) is 1. The van der Waals surface area contributed by atoms with Crippen LogP contribution >= 0.6 is 24.0 Å². The SMILES string of the molecule is CCNC(=NCCOCC1CC1)N(C)Cc1cn(C)nc1C(C)C.I. The van der Waals surface area contributed by atoms with Crippen molar-refractivity contribution < 1.29 is 4.74 Å². The van der Waals surface area contributed by atoms with E-state index in [-0.39, 0.29) is 24.0 Å². The molecule has 0 aromatic carbocycles. The van der Waals surface area contributed by atoms with Crippen molar-refractivity contribution in [3.05, 3.63) is 17.5 Å². The molecule has 0 aliphatic heterocycles. The molecule has 0 spiro atoms. The molecule has 1 aromatic rings. The molecule has 1 aliphatic rings. The quantitative estimate of drug-likeness (QED) is 0.265. The first-order chi connectivity index (χ1) is 11.5. The summed E-state index contributed by atoms with van der Waals surface area (Å²) in [6, 6.07) is 0. The Hall–Kier alpha value is -0.830. The third kappa shape index (κ3) is 7.52. The van der Waals surface area contributed by atoms with Crippen LogP contribution in [0, 0.1) is 5.92 Å². The topological polar surface area (TPSA) is 54.7 Å². The number of halogens is 1. The Morgan fingerprint density at radius 3 is 2.80 bits per heavy atom. The van der Waals surface area contributed by atoms with Gasteiger partial charge in [-0.1, -0.05) is 13.8 Å². The number of aryl methyl sites for hydroxylation is 1. The summed E-state index contributed by atoms with van der Waals surface area (Å²) in [5.41, 5.74) is 2.42. The molecule has 0 unspecified atom stereocenters. The fourth-order valence-corrected chi connectivity index (χ4v) is 2.71. The highest BCUT2D eigenvalue weighted by Crippen LogP contribution is 2.28. The molecule has 0 saturated heterocycles. The monoisotopic (exact) mass is 463 g/mol. The van der Waals surface area contributed by atoms with Gasteiger partial charge in [0.05, 0.1) is 18.8 Å². The minimum atomic E-state index is 0. The molecule has 144 valence electrons. The maximum absolute atomic E-state index is 5.67. The third-order valence-electron chi connectivity index (χ3n) is 4.14. The molecule has 0 bridgehead atoms. The summed E-state index contributed by atoms with van der Waals surface area (Å²) in [5.74, 6) is 2.15. The van der Waals surface area contributed by atoms with Crippen molar-refractivity contribution in [2.24, 2.45) is 18.0 Å². The van der Waals surface area contributed by atoms with Crippen LogP contribution < -0.4 is 5.32 Å². The van der Waals surface area contributed by atoms with Gasteiger partial charge >= 0.3 is 0 Å². The van der Waals surface area contributed by atoms with Crippen LogP contribution in [0.4, 0.5) is 0 Å². The molecule has 2 rings (SSSR count). The van der Waals surface area contributed by atoms with E-state index in [1.165, 1.54) is 18.4 Å². The highest BCUT2D eigenvalue weighted by Gasteiger charge is 2.21. The second-order valence-corrected chi connectivity index (χ2v) is 6.98. The van der Waals surface area contributed by atoms with Crippen molar-refractivity contribution in [2.75, 3.05) is 33.4 Å². The Balaban J connectivity index is 0.00000312. The Labute approximate surface area is 169 Å². The van der Waals surface area contributed by atoms with Gasteiger partial charge in [-0.3, -0.25) is 9.67 Å². The van der Waals surface area contributed by atoms with E-state index in [1.807, 2.05) is 11.7 Å². The summed E-state index contributed by atoms with van der Waals surface area (Å²) in [4.78, 5) is 6.85. The van der Waals surface area contributed by atoms with Crippen LogP contribution in [0.5, 0.6) is 0 Å². The van der Waals surface area contributed by atoms with Crippen LogP contribution in [-0.2, 0) is 18.3 Å². The summed E-state index contributed by atoms with van der Waals surface area (Å²) in [7, 11) is 4.05. The van der Waals surface area contributed by atoms with Crippen LogP contribution in [0.3, 0.4) is 0 Å². The molecule has 6 nitrogen and oxygen atoms in total. The van der Waals surface area contributed by atoms with E-state index >= 15 is 0 Å². The molecule has 25 heavy (non-hydrogen) atoms. The predicted octanol–water partition coefficient (Wildman–Crippen LogP) is 2.99. The molecule has 7 heteroatoms. The molecule has 0 atom stereocenters. The van der Waals surface area contributed by atoms with E-state index in [4.69, 9.17) is 4.74 Å². The fraction of sp³-hybridized carbons (Fsp3) is 0.778. The van der Waals surface area contributed by atoms with Gasteiger partial charge in [-0.15, -0.1) is 24.0 Å². The van der Waals surface area contributed by atoms with Gasteiger partial charge in [-0.25, -0.2) is 0 Å². The van der Waals surface area contributed by atoms with Gasteiger partial charge in [0, 0.05) is 45.6 Å². The standard InChI is InChI=1S/C18H33N5O.HI/c1-6-19-18(20-9-10-24-13-15-7-8-15)22(4)11-16-12-23(5)21-17(16)14(2)3;/h12,14-15H,6-11,13H2,1-5H3,(H,19,20);1H. The number of hydrogen-bond donors (Lipinski definition) is 1. The molecule has 0 amide bonds. The third-order valence-corrected chi connectivity index (χ3v) is 4.14. The van der Waals surface area contributed by atoms with Crippen molar-refractivity contribution in [1.29, 1.82) is 0 Å². The van der Waals surface area contributed by atoms with Crippen molar-refractivity contribution in [2.45, 2.75) is 46.1 Å². The van der Waals surface area contributed by atoms with E-state index < -0.39 is 0 Å². The van der Waals surface area contributed by atoms with E-state index in [0.29, 0.717) is 19.1 Å². The second kappa shape index (κ2) is 11.0. The van der Waals surface area contributed by atoms with Crippen molar-refractivity contribution in [3.8, 4) is 0 Å². The number of nitrogens with zero attached hydrogens (tertiary/aromatic N) is 4. The number of aromatic nitrogens is 2. The lowest BCUT2D eigenvalue weighted by Crippen LogP contribution is -2.38. The van der Waals surface area contributed by atoms with Gasteiger partial charge in [0.2, 0.25) is 0 Å².